The largest absolute Gasteiger partial charge is 0.379 e. The molecule has 27 heavy (non-hydrogen) atoms. The van der Waals surface area contributed by atoms with Crippen LogP contribution in [-0.4, -0.2) is 57.7 Å². The number of fused-ring (bicyclic) bond motifs is 1. The normalized spacial score (nSPS) is 16.4. The van der Waals surface area contributed by atoms with Crippen molar-refractivity contribution in [2.75, 3.05) is 31.6 Å². The van der Waals surface area contributed by atoms with Crippen molar-refractivity contribution >= 4 is 22.5 Å². The standard InChI is InChI=1S/C20H23N5O2/c1-14(25-5-7-27-8-6-25)20(26)23-19-10-17-9-15(3-4-16(17)11-22-19)18-12-21-13-24(18)2/h3-4,9-14H,5-8H2,1-2H3,(H,22,23,26). The predicted molar refractivity (Wildman–Crippen MR) is 104 cm³/mol. The zero-order valence-corrected chi connectivity index (χ0v) is 15.6. The number of nitrogens with zero attached hydrogens (tertiary/aromatic N) is 4. The fourth-order valence-corrected chi connectivity index (χ4v) is 3.37. The van der Waals surface area contributed by atoms with Gasteiger partial charge in [0.15, 0.2) is 0 Å². The summed E-state index contributed by atoms with van der Waals surface area (Å²) in [5.41, 5.74) is 2.12. The van der Waals surface area contributed by atoms with Crippen molar-refractivity contribution < 1.29 is 9.53 Å². The molecule has 1 unspecified atom stereocenters. The molecule has 7 nitrogen and oxygen atoms in total. The molecule has 1 N–H and O–H groups in total. The second-order valence-corrected chi connectivity index (χ2v) is 6.83. The molecule has 1 aromatic carbocycles. The van der Waals surface area contributed by atoms with Gasteiger partial charge in [-0.25, -0.2) is 9.97 Å². The summed E-state index contributed by atoms with van der Waals surface area (Å²) in [5, 5.41) is 5.00. The highest BCUT2D eigenvalue weighted by molar-refractivity contribution is 5.96. The molecule has 1 saturated heterocycles. The van der Waals surface area contributed by atoms with Crippen molar-refractivity contribution in [3.05, 3.63) is 43.0 Å². The quantitative estimate of drug-likeness (QED) is 0.768. The van der Waals surface area contributed by atoms with Crippen molar-refractivity contribution in [3.8, 4) is 11.3 Å². The Kier molecular flexibility index (Phi) is 4.87. The Bertz CT molecular complexity index is 962. The number of benzene rings is 1. The highest BCUT2D eigenvalue weighted by Gasteiger charge is 2.23. The lowest BCUT2D eigenvalue weighted by Gasteiger charge is -2.31. The lowest BCUT2D eigenvalue weighted by molar-refractivity contribution is -0.122. The van der Waals surface area contributed by atoms with Crippen molar-refractivity contribution in [2.24, 2.45) is 7.05 Å². The summed E-state index contributed by atoms with van der Waals surface area (Å²) in [6, 6.07) is 7.88. The third-order valence-electron chi connectivity index (χ3n) is 5.06. The number of carbonyl (C=O) groups excluding carboxylic acids is 1. The zero-order valence-electron chi connectivity index (χ0n) is 15.6. The van der Waals surface area contributed by atoms with Crippen LogP contribution in [0.3, 0.4) is 0 Å². The fourth-order valence-electron chi connectivity index (χ4n) is 3.37. The number of amides is 1. The Morgan fingerprint density at radius 2 is 2.00 bits per heavy atom. The lowest BCUT2D eigenvalue weighted by atomic mass is 10.1. The molecule has 0 radical (unpaired) electrons. The van der Waals surface area contributed by atoms with Gasteiger partial charge in [-0.15, -0.1) is 0 Å². The van der Waals surface area contributed by atoms with Crippen LogP contribution in [0.5, 0.6) is 0 Å². The van der Waals surface area contributed by atoms with Gasteiger partial charge in [0.25, 0.3) is 0 Å². The molecule has 0 saturated carbocycles. The number of morpholine rings is 1. The summed E-state index contributed by atoms with van der Waals surface area (Å²) >= 11 is 0. The van der Waals surface area contributed by atoms with Gasteiger partial charge in [0.05, 0.1) is 37.5 Å². The predicted octanol–water partition coefficient (Wildman–Crippen LogP) is 2.29. The van der Waals surface area contributed by atoms with Crippen molar-refractivity contribution in [1.29, 1.82) is 0 Å². The van der Waals surface area contributed by atoms with Gasteiger partial charge in [0.1, 0.15) is 5.82 Å². The Morgan fingerprint density at radius 3 is 2.74 bits per heavy atom. The second-order valence-electron chi connectivity index (χ2n) is 6.83. The van der Waals surface area contributed by atoms with E-state index in [1.54, 1.807) is 12.5 Å². The van der Waals surface area contributed by atoms with Crippen LogP contribution < -0.4 is 5.32 Å². The van der Waals surface area contributed by atoms with Gasteiger partial charge in [-0.2, -0.15) is 0 Å². The number of imidazole rings is 1. The number of hydrogen-bond acceptors (Lipinski definition) is 5. The summed E-state index contributed by atoms with van der Waals surface area (Å²) in [4.78, 5) is 23.3. The van der Waals surface area contributed by atoms with Gasteiger partial charge in [-0.1, -0.05) is 12.1 Å². The fraction of sp³-hybridized carbons (Fsp3) is 0.350. The zero-order chi connectivity index (χ0) is 18.8. The molecule has 2 aromatic heterocycles. The average molecular weight is 365 g/mol. The van der Waals surface area contributed by atoms with E-state index in [2.05, 4.69) is 32.3 Å². The summed E-state index contributed by atoms with van der Waals surface area (Å²) in [6.45, 7) is 4.80. The highest BCUT2D eigenvalue weighted by atomic mass is 16.5. The molecule has 3 heterocycles. The number of anilines is 1. The molecular weight excluding hydrogens is 342 g/mol. The van der Waals surface area contributed by atoms with Crippen LogP contribution in [-0.2, 0) is 16.6 Å². The van der Waals surface area contributed by atoms with Crippen molar-refractivity contribution in [1.82, 2.24) is 19.4 Å². The van der Waals surface area contributed by atoms with E-state index in [4.69, 9.17) is 4.74 Å². The molecule has 1 atom stereocenters. The number of pyridine rings is 1. The first-order valence-electron chi connectivity index (χ1n) is 9.11. The molecule has 4 rings (SSSR count). The van der Waals surface area contributed by atoms with Gasteiger partial charge in [-0.3, -0.25) is 9.69 Å². The summed E-state index contributed by atoms with van der Waals surface area (Å²) < 4.78 is 7.34. The van der Waals surface area contributed by atoms with Gasteiger partial charge >= 0.3 is 0 Å². The molecule has 1 fully saturated rings. The SMILES string of the molecule is CC(C(=O)Nc1cc2cc(-c3cncn3C)ccc2cn1)N1CCOCC1. The monoisotopic (exact) mass is 365 g/mol. The molecule has 0 bridgehead atoms. The number of ether oxygens (including phenoxy) is 1. The smallest absolute Gasteiger partial charge is 0.242 e. The van der Waals surface area contributed by atoms with Gasteiger partial charge in [0, 0.05) is 37.3 Å². The van der Waals surface area contributed by atoms with E-state index in [1.165, 1.54) is 0 Å². The summed E-state index contributed by atoms with van der Waals surface area (Å²) in [5.74, 6) is 0.515. The molecule has 1 amide bonds. The molecule has 1 aliphatic heterocycles. The second kappa shape index (κ2) is 7.46. The van der Waals surface area contributed by atoms with Crippen molar-refractivity contribution in [2.45, 2.75) is 13.0 Å². The first kappa shape index (κ1) is 17.6. The minimum absolute atomic E-state index is 0.0495. The molecule has 3 aromatic rings. The van der Waals surface area contributed by atoms with E-state index < -0.39 is 0 Å². The van der Waals surface area contributed by atoms with Crippen LogP contribution in [0.25, 0.3) is 22.0 Å². The van der Waals surface area contributed by atoms with Crippen LogP contribution in [0.15, 0.2) is 43.0 Å². The first-order valence-corrected chi connectivity index (χ1v) is 9.11. The van der Waals surface area contributed by atoms with Crippen LogP contribution >= 0.6 is 0 Å². The number of aryl methyl sites for hydroxylation is 1. The number of rotatable bonds is 4. The third-order valence-corrected chi connectivity index (χ3v) is 5.06. The molecule has 140 valence electrons. The van der Waals surface area contributed by atoms with Crippen LogP contribution in [0.2, 0.25) is 0 Å². The molecule has 0 aliphatic carbocycles. The first-order chi connectivity index (χ1) is 13.1. The van der Waals surface area contributed by atoms with Crippen molar-refractivity contribution in [3.63, 3.8) is 0 Å². The van der Waals surface area contributed by atoms with Gasteiger partial charge in [-0.05, 0) is 24.4 Å². The van der Waals surface area contributed by atoms with Crippen LogP contribution in [0.4, 0.5) is 5.82 Å². The summed E-state index contributed by atoms with van der Waals surface area (Å²) in [7, 11) is 1.97. The van der Waals surface area contributed by atoms with Crippen LogP contribution in [0.1, 0.15) is 6.92 Å². The molecule has 0 spiro atoms. The van der Waals surface area contributed by atoms with E-state index in [1.807, 2.05) is 36.9 Å². The van der Waals surface area contributed by atoms with Gasteiger partial charge < -0.3 is 14.6 Å². The maximum absolute atomic E-state index is 12.6. The summed E-state index contributed by atoms with van der Waals surface area (Å²) in [6.07, 6.45) is 5.41. The lowest BCUT2D eigenvalue weighted by Crippen LogP contribution is -2.47. The van der Waals surface area contributed by atoms with E-state index in [0.29, 0.717) is 19.0 Å². The highest BCUT2D eigenvalue weighted by Crippen LogP contribution is 2.25. The van der Waals surface area contributed by atoms with E-state index in [-0.39, 0.29) is 11.9 Å². The average Bonchev–Trinajstić information content (AvgIpc) is 3.13. The van der Waals surface area contributed by atoms with Crippen LogP contribution in [0, 0.1) is 0 Å². The molecular formula is C20H23N5O2. The number of hydrogen-bond donors (Lipinski definition) is 1. The van der Waals surface area contributed by atoms with E-state index in [9.17, 15) is 4.79 Å². The third kappa shape index (κ3) is 3.70. The Labute approximate surface area is 158 Å². The van der Waals surface area contributed by atoms with Gasteiger partial charge in [0.2, 0.25) is 5.91 Å². The minimum Gasteiger partial charge on any atom is -0.379 e. The Hall–Kier alpha value is -2.77. The minimum atomic E-state index is -0.216. The van der Waals surface area contributed by atoms with E-state index in [0.717, 1.165) is 35.1 Å². The molecule has 1 aliphatic rings. The maximum atomic E-state index is 12.6. The number of nitrogens with one attached hydrogen (secondary N) is 1. The molecule has 7 heteroatoms. The number of aromatic nitrogens is 3. The Balaban J connectivity index is 1.55. The Morgan fingerprint density at radius 1 is 1.19 bits per heavy atom. The number of carbonyl (C=O) groups is 1. The topological polar surface area (TPSA) is 72.3 Å². The van der Waals surface area contributed by atoms with E-state index >= 15 is 0 Å². The maximum Gasteiger partial charge on any atom is 0.242 e.